The zero-order chi connectivity index (χ0) is 19.4. The highest BCUT2D eigenvalue weighted by atomic mass is 19.1. The van der Waals surface area contributed by atoms with Crippen LogP contribution in [0.15, 0.2) is 42.5 Å². The molecule has 0 bridgehead atoms. The number of methoxy groups -OCH3 is 1. The van der Waals surface area contributed by atoms with Crippen molar-refractivity contribution in [1.82, 2.24) is 4.90 Å². The van der Waals surface area contributed by atoms with Crippen molar-refractivity contribution in [1.29, 1.82) is 0 Å². The molecule has 0 heterocycles. The molecule has 1 aliphatic carbocycles. The van der Waals surface area contributed by atoms with Crippen LogP contribution in [0.1, 0.15) is 18.4 Å². The number of amides is 1. The number of nitrogens with zero attached hydrogens (tertiary/aromatic N) is 2. The van der Waals surface area contributed by atoms with E-state index in [0.29, 0.717) is 18.3 Å². The van der Waals surface area contributed by atoms with Crippen LogP contribution in [0.5, 0.6) is 5.75 Å². The van der Waals surface area contributed by atoms with E-state index >= 15 is 0 Å². The lowest BCUT2D eigenvalue weighted by molar-refractivity contribution is -0.384. The van der Waals surface area contributed by atoms with Gasteiger partial charge in [-0.3, -0.25) is 19.8 Å². The lowest BCUT2D eigenvalue weighted by Crippen LogP contribution is -2.34. The number of nitro groups is 1. The Labute approximate surface area is 155 Å². The van der Waals surface area contributed by atoms with Crippen molar-refractivity contribution < 1.29 is 18.8 Å². The van der Waals surface area contributed by atoms with Crippen molar-refractivity contribution in [2.45, 2.75) is 25.4 Å². The number of halogens is 1. The number of carbonyl (C=O) groups excluding carboxylic acids is 1. The van der Waals surface area contributed by atoms with Gasteiger partial charge in [0.15, 0.2) is 0 Å². The molecule has 1 fully saturated rings. The van der Waals surface area contributed by atoms with Crippen LogP contribution in [-0.2, 0) is 11.3 Å². The van der Waals surface area contributed by atoms with Gasteiger partial charge in [0.2, 0.25) is 5.91 Å². The predicted octanol–water partition coefficient (Wildman–Crippen LogP) is 3.35. The van der Waals surface area contributed by atoms with Crippen molar-refractivity contribution >= 4 is 17.3 Å². The molecule has 142 valence electrons. The lowest BCUT2D eigenvalue weighted by atomic mass is 10.2. The van der Waals surface area contributed by atoms with E-state index < -0.39 is 4.92 Å². The van der Waals surface area contributed by atoms with E-state index in [-0.39, 0.29) is 29.6 Å². The van der Waals surface area contributed by atoms with Gasteiger partial charge in [0.25, 0.3) is 5.69 Å². The standard InChI is InChI=1S/C19H20FN3O4/c1-27-16-8-9-17(18(10-16)23(25)26)21-19(24)12-22(15-6-7-15)11-13-2-4-14(20)5-3-13/h2-5,8-10,15H,6-7,11-12H2,1H3,(H,21,24). The Kier molecular flexibility index (Phi) is 5.66. The normalized spacial score (nSPS) is 13.4. The number of benzene rings is 2. The molecular formula is C19H20FN3O4. The van der Waals surface area contributed by atoms with Crippen LogP contribution < -0.4 is 10.1 Å². The van der Waals surface area contributed by atoms with E-state index in [1.54, 1.807) is 18.2 Å². The third kappa shape index (κ3) is 5.01. The minimum absolute atomic E-state index is 0.102. The molecular weight excluding hydrogens is 353 g/mol. The summed E-state index contributed by atoms with van der Waals surface area (Å²) in [7, 11) is 1.42. The molecule has 0 aromatic heterocycles. The van der Waals surface area contributed by atoms with Crippen molar-refractivity contribution in [3.63, 3.8) is 0 Å². The predicted molar refractivity (Wildman–Crippen MR) is 98.1 cm³/mol. The highest BCUT2D eigenvalue weighted by Crippen LogP contribution is 2.30. The Balaban J connectivity index is 1.68. The maximum absolute atomic E-state index is 13.1. The molecule has 0 unspecified atom stereocenters. The monoisotopic (exact) mass is 373 g/mol. The van der Waals surface area contributed by atoms with Gasteiger partial charge in [0, 0.05) is 12.6 Å². The Morgan fingerprint density at radius 3 is 2.59 bits per heavy atom. The van der Waals surface area contributed by atoms with Gasteiger partial charge >= 0.3 is 0 Å². The SMILES string of the molecule is COc1ccc(NC(=O)CN(Cc2ccc(F)cc2)C2CC2)c([N+](=O)[O-])c1. The second-order valence-electron chi connectivity index (χ2n) is 6.45. The first-order valence-corrected chi connectivity index (χ1v) is 8.57. The summed E-state index contributed by atoms with van der Waals surface area (Å²) in [6.45, 7) is 0.619. The van der Waals surface area contributed by atoms with Crippen LogP contribution in [0.4, 0.5) is 15.8 Å². The minimum atomic E-state index is -0.560. The molecule has 2 aromatic rings. The summed E-state index contributed by atoms with van der Waals surface area (Å²) in [5.74, 6) is -0.297. The summed E-state index contributed by atoms with van der Waals surface area (Å²) >= 11 is 0. The van der Waals surface area contributed by atoms with Gasteiger partial charge in [-0.1, -0.05) is 12.1 Å². The average molecular weight is 373 g/mol. The van der Waals surface area contributed by atoms with Gasteiger partial charge in [0.1, 0.15) is 17.3 Å². The molecule has 1 amide bonds. The minimum Gasteiger partial charge on any atom is -0.496 e. The fourth-order valence-corrected chi connectivity index (χ4v) is 2.85. The lowest BCUT2D eigenvalue weighted by Gasteiger charge is -2.21. The molecule has 2 aromatic carbocycles. The largest absolute Gasteiger partial charge is 0.496 e. The van der Waals surface area contributed by atoms with Crippen LogP contribution in [0.3, 0.4) is 0 Å². The highest BCUT2D eigenvalue weighted by Gasteiger charge is 2.30. The van der Waals surface area contributed by atoms with Gasteiger partial charge in [-0.2, -0.15) is 0 Å². The van der Waals surface area contributed by atoms with E-state index in [2.05, 4.69) is 5.32 Å². The summed E-state index contributed by atoms with van der Waals surface area (Å²) < 4.78 is 18.1. The van der Waals surface area contributed by atoms with Crippen LogP contribution in [-0.4, -0.2) is 35.4 Å². The van der Waals surface area contributed by atoms with E-state index in [9.17, 15) is 19.3 Å². The Morgan fingerprint density at radius 2 is 2.00 bits per heavy atom. The number of hydrogen-bond acceptors (Lipinski definition) is 5. The quantitative estimate of drug-likeness (QED) is 0.567. The molecule has 1 aliphatic rings. The first kappa shape index (κ1) is 18.8. The van der Waals surface area contributed by atoms with E-state index in [4.69, 9.17) is 4.74 Å². The van der Waals surface area contributed by atoms with E-state index in [1.165, 1.54) is 31.4 Å². The molecule has 27 heavy (non-hydrogen) atoms. The molecule has 3 rings (SSSR count). The molecule has 1 saturated carbocycles. The van der Waals surface area contributed by atoms with Crippen molar-refractivity contribution in [2.24, 2.45) is 0 Å². The Hall–Kier alpha value is -3.00. The van der Waals surface area contributed by atoms with Gasteiger partial charge in [0.05, 0.1) is 24.6 Å². The third-order valence-electron chi connectivity index (χ3n) is 4.38. The first-order valence-electron chi connectivity index (χ1n) is 8.57. The zero-order valence-electron chi connectivity index (χ0n) is 14.9. The maximum atomic E-state index is 13.1. The highest BCUT2D eigenvalue weighted by molar-refractivity contribution is 5.94. The number of nitrogens with one attached hydrogen (secondary N) is 1. The molecule has 0 spiro atoms. The van der Waals surface area contributed by atoms with Crippen LogP contribution in [0.25, 0.3) is 0 Å². The number of rotatable bonds is 8. The summed E-state index contributed by atoms with van der Waals surface area (Å²) in [5.41, 5.74) is 0.814. The molecule has 0 radical (unpaired) electrons. The van der Waals surface area contributed by atoms with Crippen LogP contribution >= 0.6 is 0 Å². The topological polar surface area (TPSA) is 84.7 Å². The number of anilines is 1. The van der Waals surface area contributed by atoms with Gasteiger partial charge < -0.3 is 10.1 Å². The average Bonchev–Trinajstić information content (AvgIpc) is 3.48. The second-order valence-corrected chi connectivity index (χ2v) is 6.45. The van der Waals surface area contributed by atoms with E-state index in [1.807, 2.05) is 4.90 Å². The molecule has 7 nitrogen and oxygen atoms in total. The van der Waals surface area contributed by atoms with Crippen molar-refractivity contribution in [2.75, 3.05) is 19.0 Å². The van der Waals surface area contributed by atoms with Crippen LogP contribution in [0.2, 0.25) is 0 Å². The van der Waals surface area contributed by atoms with Crippen molar-refractivity contribution in [3.05, 3.63) is 64.0 Å². The van der Waals surface area contributed by atoms with E-state index in [0.717, 1.165) is 18.4 Å². The summed E-state index contributed by atoms with van der Waals surface area (Å²) in [6, 6.07) is 10.7. The number of ether oxygens (including phenoxy) is 1. The Morgan fingerprint density at radius 1 is 1.30 bits per heavy atom. The fourth-order valence-electron chi connectivity index (χ4n) is 2.85. The molecule has 1 N–H and O–H groups in total. The number of hydrogen-bond donors (Lipinski definition) is 1. The van der Waals surface area contributed by atoms with Crippen LogP contribution in [0, 0.1) is 15.9 Å². The molecule has 8 heteroatoms. The summed E-state index contributed by atoms with van der Waals surface area (Å²) in [6.07, 6.45) is 1.99. The summed E-state index contributed by atoms with van der Waals surface area (Å²) in [5, 5.41) is 13.9. The first-order chi connectivity index (χ1) is 13.0. The van der Waals surface area contributed by atoms with Gasteiger partial charge in [-0.25, -0.2) is 4.39 Å². The second kappa shape index (κ2) is 8.13. The third-order valence-corrected chi connectivity index (χ3v) is 4.38. The van der Waals surface area contributed by atoms with Crippen molar-refractivity contribution in [3.8, 4) is 5.75 Å². The maximum Gasteiger partial charge on any atom is 0.296 e. The fraction of sp³-hybridized carbons (Fsp3) is 0.316. The van der Waals surface area contributed by atoms with Gasteiger partial charge in [-0.15, -0.1) is 0 Å². The molecule has 0 aliphatic heterocycles. The number of nitro benzene ring substituents is 1. The Bertz CT molecular complexity index is 837. The summed E-state index contributed by atoms with van der Waals surface area (Å²) in [4.78, 5) is 25.1. The molecule has 0 atom stereocenters. The number of carbonyl (C=O) groups is 1. The smallest absolute Gasteiger partial charge is 0.296 e. The molecule has 0 saturated heterocycles. The van der Waals surface area contributed by atoms with Gasteiger partial charge in [-0.05, 0) is 42.7 Å². The zero-order valence-corrected chi connectivity index (χ0v) is 14.9.